The Morgan fingerprint density at radius 3 is 2.44 bits per heavy atom. The fourth-order valence-corrected chi connectivity index (χ4v) is 5.55. The molecule has 39 heavy (non-hydrogen) atoms. The summed E-state index contributed by atoms with van der Waals surface area (Å²) in [6.45, 7) is 7.99. The first kappa shape index (κ1) is 28.6. The lowest BCUT2D eigenvalue weighted by Crippen LogP contribution is -2.30. The summed E-state index contributed by atoms with van der Waals surface area (Å²) in [6.07, 6.45) is 8.23. The monoisotopic (exact) mass is 539 g/mol. The van der Waals surface area contributed by atoms with E-state index in [2.05, 4.69) is 35.9 Å². The van der Waals surface area contributed by atoms with E-state index in [0.717, 1.165) is 60.0 Å². The van der Waals surface area contributed by atoms with Crippen LogP contribution in [0.4, 0.5) is 24.7 Å². The quantitative estimate of drug-likeness (QED) is 0.306. The van der Waals surface area contributed by atoms with E-state index in [-0.39, 0.29) is 11.3 Å². The average Bonchev–Trinajstić information content (AvgIpc) is 2.93. The number of benzene rings is 1. The first-order valence-electron chi connectivity index (χ1n) is 13.9. The van der Waals surface area contributed by atoms with Gasteiger partial charge in [0.05, 0.1) is 0 Å². The Balaban J connectivity index is 1.64. The molecular formula is C31H40F3N5. The lowest BCUT2D eigenvalue weighted by Gasteiger charge is -2.29. The molecule has 2 heterocycles. The maximum atomic E-state index is 12.9. The highest BCUT2D eigenvalue weighted by atomic mass is 19.4. The van der Waals surface area contributed by atoms with Crippen LogP contribution in [0, 0.1) is 12.8 Å². The van der Waals surface area contributed by atoms with Crippen molar-refractivity contribution in [3.8, 4) is 11.1 Å². The highest BCUT2D eigenvalue weighted by Crippen LogP contribution is 2.34. The number of nitrogens with zero attached hydrogens (tertiary/aromatic N) is 2. The van der Waals surface area contributed by atoms with E-state index in [1.54, 1.807) is 0 Å². The Hall–Kier alpha value is -3.42. The average molecular weight is 540 g/mol. The molecule has 1 saturated carbocycles. The molecule has 0 bridgehead atoms. The third-order valence-corrected chi connectivity index (χ3v) is 7.78. The standard InChI is InChI=1S/C31H40F3N5/c1-21-11-12-26(37-22(2)25(20-35)17-29(36)31(32,33)34)19-28(21)24-16-27(15-23-9-5-3-6-10-23)38-30(18-24)39-13-7-4-8-14-39/h11-12,16-20,23,37H,2-10,13-15,35-36H2,1H3/b25-20+,29-17-. The van der Waals surface area contributed by atoms with E-state index >= 15 is 0 Å². The third-order valence-electron chi connectivity index (χ3n) is 7.78. The van der Waals surface area contributed by atoms with Gasteiger partial charge in [0.2, 0.25) is 0 Å². The van der Waals surface area contributed by atoms with Gasteiger partial charge < -0.3 is 21.7 Å². The maximum absolute atomic E-state index is 12.9. The van der Waals surface area contributed by atoms with E-state index in [0.29, 0.717) is 11.6 Å². The minimum Gasteiger partial charge on any atom is -0.404 e. The molecule has 0 radical (unpaired) electrons. The fraction of sp³-hybridized carbons (Fsp3) is 0.452. The second-order valence-corrected chi connectivity index (χ2v) is 10.8. The molecule has 2 fully saturated rings. The minimum atomic E-state index is -4.64. The van der Waals surface area contributed by atoms with Crippen LogP contribution in [-0.4, -0.2) is 24.2 Å². The molecule has 8 heteroatoms. The number of anilines is 2. The van der Waals surface area contributed by atoms with Crippen molar-refractivity contribution >= 4 is 11.5 Å². The molecule has 5 N–H and O–H groups in total. The Labute approximate surface area is 229 Å². The number of alkyl halides is 3. The van der Waals surface area contributed by atoms with Gasteiger partial charge in [0.25, 0.3) is 0 Å². The Morgan fingerprint density at radius 2 is 1.77 bits per heavy atom. The van der Waals surface area contributed by atoms with Crippen molar-refractivity contribution in [3.63, 3.8) is 0 Å². The summed E-state index contributed by atoms with van der Waals surface area (Å²) in [5, 5.41) is 3.11. The number of aryl methyl sites for hydroxylation is 1. The number of allylic oxidation sites excluding steroid dienone is 2. The van der Waals surface area contributed by atoms with Gasteiger partial charge in [0, 0.05) is 41.9 Å². The predicted molar refractivity (Wildman–Crippen MR) is 154 cm³/mol. The van der Waals surface area contributed by atoms with Crippen molar-refractivity contribution in [1.82, 2.24) is 4.98 Å². The molecule has 1 aromatic heterocycles. The van der Waals surface area contributed by atoms with E-state index in [1.165, 1.54) is 51.4 Å². The zero-order valence-corrected chi connectivity index (χ0v) is 22.8. The lowest BCUT2D eigenvalue weighted by molar-refractivity contribution is -0.0926. The summed E-state index contributed by atoms with van der Waals surface area (Å²) in [6, 6.07) is 10.3. The van der Waals surface area contributed by atoms with Gasteiger partial charge in [-0.1, -0.05) is 44.7 Å². The van der Waals surface area contributed by atoms with Crippen molar-refractivity contribution in [2.75, 3.05) is 23.3 Å². The molecule has 4 rings (SSSR count). The van der Waals surface area contributed by atoms with Crippen LogP contribution in [0.5, 0.6) is 0 Å². The molecule has 210 valence electrons. The lowest BCUT2D eigenvalue weighted by atomic mass is 9.85. The van der Waals surface area contributed by atoms with Crippen LogP contribution in [0.25, 0.3) is 11.1 Å². The highest BCUT2D eigenvalue weighted by Gasteiger charge is 2.31. The summed E-state index contributed by atoms with van der Waals surface area (Å²) in [5.74, 6) is 1.70. The molecule has 2 aliphatic rings. The van der Waals surface area contributed by atoms with Crippen molar-refractivity contribution < 1.29 is 13.2 Å². The van der Waals surface area contributed by atoms with Gasteiger partial charge in [-0.15, -0.1) is 0 Å². The van der Waals surface area contributed by atoms with Crippen LogP contribution in [0.1, 0.15) is 62.6 Å². The number of hydrogen-bond donors (Lipinski definition) is 3. The van der Waals surface area contributed by atoms with Crippen LogP contribution < -0.4 is 21.7 Å². The van der Waals surface area contributed by atoms with Crippen molar-refractivity contribution in [2.45, 2.75) is 70.9 Å². The molecule has 0 atom stereocenters. The number of aromatic nitrogens is 1. The molecule has 1 saturated heterocycles. The summed E-state index contributed by atoms with van der Waals surface area (Å²) in [5.41, 5.74) is 14.9. The summed E-state index contributed by atoms with van der Waals surface area (Å²) in [4.78, 5) is 7.52. The number of piperidine rings is 1. The Morgan fingerprint density at radius 1 is 1.08 bits per heavy atom. The second-order valence-electron chi connectivity index (χ2n) is 10.8. The summed E-state index contributed by atoms with van der Waals surface area (Å²) in [7, 11) is 0. The van der Waals surface area contributed by atoms with Crippen molar-refractivity contribution in [2.24, 2.45) is 17.4 Å². The fourth-order valence-electron chi connectivity index (χ4n) is 5.55. The zero-order valence-electron chi connectivity index (χ0n) is 22.8. The van der Waals surface area contributed by atoms with Crippen molar-refractivity contribution in [3.05, 3.63) is 77.4 Å². The van der Waals surface area contributed by atoms with E-state index in [4.69, 9.17) is 16.5 Å². The summed E-state index contributed by atoms with van der Waals surface area (Å²) < 4.78 is 38.8. The molecular weight excluding hydrogens is 499 g/mol. The molecule has 2 aromatic rings. The van der Waals surface area contributed by atoms with Gasteiger partial charge >= 0.3 is 6.18 Å². The van der Waals surface area contributed by atoms with Crippen molar-refractivity contribution in [1.29, 1.82) is 0 Å². The third kappa shape index (κ3) is 7.58. The molecule has 1 aromatic carbocycles. The van der Waals surface area contributed by atoms with Crippen LogP contribution >= 0.6 is 0 Å². The second kappa shape index (κ2) is 12.6. The van der Waals surface area contributed by atoms with Crippen LogP contribution in [-0.2, 0) is 6.42 Å². The molecule has 1 aliphatic carbocycles. The Kier molecular flexibility index (Phi) is 9.25. The van der Waals surface area contributed by atoms with E-state index in [1.807, 2.05) is 18.2 Å². The zero-order chi connectivity index (χ0) is 28.0. The van der Waals surface area contributed by atoms with Gasteiger partial charge in [0.1, 0.15) is 11.5 Å². The van der Waals surface area contributed by atoms with Gasteiger partial charge in [-0.2, -0.15) is 13.2 Å². The number of nitrogens with two attached hydrogens (primary N) is 2. The summed E-state index contributed by atoms with van der Waals surface area (Å²) >= 11 is 0. The normalized spacial score (nSPS) is 17.8. The van der Waals surface area contributed by atoms with Gasteiger partial charge in [-0.05, 0) is 85.6 Å². The first-order valence-corrected chi connectivity index (χ1v) is 13.9. The number of rotatable bonds is 8. The highest BCUT2D eigenvalue weighted by molar-refractivity contribution is 5.75. The Bertz CT molecular complexity index is 1220. The maximum Gasteiger partial charge on any atom is 0.430 e. The van der Waals surface area contributed by atoms with Gasteiger partial charge in [-0.25, -0.2) is 4.98 Å². The van der Waals surface area contributed by atoms with Crippen LogP contribution in [0.15, 0.2) is 66.2 Å². The van der Waals surface area contributed by atoms with Gasteiger partial charge in [0.15, 0.2) is 0 Å². The van der Waals surface area contributed by atoms with Crippen LogP contribution in [0.3, 0.4) is 0 Å². The minimum absolute atomic E-state index is 0.0676. The predicted octanol–water partition coefficient (Wildman–Crippen LogP) is 7.34. The number of nitrogens with one attached hydrogen (secondary N) is 1. The molecule has 1 aliphatic heterocycles. The van der Waals surface area contributed by atoms with Gasteiger partial charge in [-0.3, -0.25) is 0 Å². The smallest absolute Gasteiger partial charge is 0.404 e. The van der Waals surface area contributed by atoms with E-state index in [9.17, 15) is 13.2 Å². The number of hydrogen-bond acceptors (Lipinski definition) is 5. The topological polar surface area (TPSA) is 80.2 Å². The number of pyridine rings is 1. The largest absolute Gasteiger partial charge is 0.430 e. The SMILES string of the molecule is C=C(Nc1ccc(C)c(-c2cc(CC3CCCCC3)nc(N3CCCCC3)c2)c1)C(/C=C(\N)C(F)(F)F)=C/N. The molecule has 0 unspecified atom stereocenters. The van der Waals surface area contributed by atoms with E-state index < -0.39 is 11.9 Å². The molecule has 5 nitrogen and oxygen atoms in total. The first-order chi connectivity index (χ1) is 18.6. The molecule has 0 spiro atoms. The number of halogens is 3. The van der Waals surface area contributed by atoms with Crippen LogP contribution in [0.2, 0.25) is 0 Å². The molecule has 0 amide bonds.